The summed E-state index contributed by atoms with van der Waals surface area (Å²) >= 11 is 6.19. The maximum absolute atomic E-state index is 13.2. The van der Waals surface area contributed by atoms with Gasteiger partial charge in [0.2, 0.25) is 0 Å². The SMILES string of the molecule is CCOc1cc(/C(O)=C2/C(=O)C(=O)N(c3ccc(N(C)C)cc3)C2c2ccccn2)ccc1Cl. The molecule has 174 valence electrons. The first-order chi connectivity index (χ1) is 16.3. The molecule has 1 aliphatic rings. The summed E-state index contributed by atoms with van der Waals surface area (Å²) < 4.78 is 5.53. The van der Waals surface area contributed by atoms with E-state index in [-0.39, 0.29) is 11.3 Å². The highest BCUT2D eigenvalue weighted by Crippen LogP contribution is 2.42. The average Bonchev–Trinajstić information content (AvgIpc) is 3.11. The molecular weight excluding hydrogens is 454 g/mol. The smallest absolute Gasteiger partial charge is 0.300 e. The molecule has 0 bridgehead atoms. The van der Waals surface area contributed by atoms with Crippen molar-refractivity contribution in [1.82, 2.24) is 4.98 Å². The van der Waals surface area contributed by atoms with Crippen molar-refractivity contribution in [1.29, 1.82) is 0 Å². The molecule has 1 aliphatic heterocycles. The third-order valence-electron chi connectivity index (χ3n) is 5.56. The van der Waals surface area contributed by atoms with Crippen LogP contribution in [0.15, 0.2) is 72.4 Å². The maximum Gasteiger partial charge on any atom is 0.300 e. The summed E-state index contributed by atoms with van der Waals surface area (Å²) in [7, 11) is 3.83. The number of amides is 1. The molecular formula is C26H24ClN3O4. The van der Waals surface area contributed by atoms with E-state index >= 15 is 0 Å². The highest BCUT2D eigenvalue weighted by atomic mass is 35.5. The van der Waals surface area contributed by atoms with Gasteiger partial charge in [-0.15, -0.1) is 0 Å². The van der Waals surface area contributed by atoms with Gasteiger partial charge in [0.1, 0.15) is 17.6 Å². The predicted octanol–water partition coefficient (Wildman–Crippen LogP) is 4.83. The molecule has 4 rings (SSSR count). The Morgan fingerprint density at radius 3 is 2.47 bits per heavy atom. The number of Topliss-reactive ketones (excluding diaryl/α,β-unsaturated/α-hetero) is 1. The van der Waals surface area contributed by atoms with Gasteiger partial charge in [0.25, 0.3) is 11.7 Å². The topological polar surface area (TPSA) is 83.0 Å². The minimum absolute atomic E-state index is 0.0508. The Morgan fingerprint density at radius 2 is 1.85 bits per heavy atom. The van der Waals surface area contributed by atoms with E-state index in [1.165, 1.54) is 4.90 Å². The molecule has 0 aliphatic carbocycles. The number of carbonyl (C=O) groups is 2. The minimum Gasteiger partial charge on any atom is -0.507 e. The number of aromatic nitrogens is 1. The quantitative estimate of drug-likeness (QED) is 0.311. The number of aliphatic hydroxyl groups excluding tert-OH is 1. The van der Waals surface area contributed by atoms with E-state index in [0.29, 0.717) is 34.3 Å². The van der Waals surface area contributed by atoms with Gasteiger partial charge in [-0.2, -0.15) is 0 Å². The molecule has 1 saturated heterocycles. The lowest BCUT2D eigenvalue weighted by Gasteiger charge is -2.25. The van der Waals surface area contributed by atoms with Crippen LogP contribution in [0.25, 0.3) is 5.76 Å². The summed E-state index contributed by atoms with van der Waals surface area (Å²) in [6, 6.07) is 16.3. The second-order valence-corrected chi connectivity index (χ2v) is 8.32. The number of aliphatic hydroxyl groups is 1. The molecule has 8 heteroatoms. The Balaban J connectivity index is 1.89. The van der Waals surface area contributed by atoms with Crippen LogP contribution in [0, 0.1) is 0 Å². The number of pyridine rings is 1. The van der Waals surface area contributed by atoms with Crippen LogP contribution in [0.1, 0.15) is 24.2 Å². The van der Waals surface area contributed by atoms with Crippen molar-refractivity contribution in [2.75, 3.05) is 30.5 Å². The van der Waals surface area contributed by atoms with Crippen molar-refractivity contribution in [3.63, 3.8) is 0 Å². The van der Waals surface area contributed by atoms with Gasteiger partial charge in [-0.3, -0.25) is 19.5 Å². The molecule has 1 fully saturated rings. The Morgan fingerprint density at radius 1 is 1.12 bits per heavy atom. The second kappa shape index (κ2) is 9.57. The fourth-order valence-electron chi connectivity index (χ4n) is 3.90. The summed E-state index contributed by atoms with van der Waals surface area (Å²) in [5, 5.41) is 11.6. The summed E-state index contributed by atoms with van der Waals surface area (Å²) in [5.74, 6) is -1.48. The Bertz CT molecular complexity index is 1260. The molecule has 0 radical (unpaired) electrons. The number of nitrogens with zero attached hydrogens (tertiary/aromatic N) is 3. The standard InChI is InChI=1S/C26H24ClN3O4/c1-4-34-21-15-16(8-13-19(21)27)24(31)22-23(20-7-5-6-14-28-20)30(26(33)25(22)32)18-11-9-17(10-12-18)29(2)3/h5-15,23,31H,4H2,1-3H3/b24-22-. The first-order valence-corrected chi connectivity index (χ1v) is 11.1. The molecule has 1 atom stereocenters. The van der Waals surface area contributed by atoms with Crippen molar-refractivity contribution >= 4 is 40.4 Å². The van der Waals surface area contributed by atoms with Crippen LogP contribution in [-0.4, -0.2) is 42.5 Å². The molecule has 1 N–H and O–H groups in total. The number of ether oxygens (including phenoxy) is 1. The van der Waals surface area contributed by atoms with Crippen LogP contribution in [0.4, 0.5) is 11.4 Å². The Kier molecular flexibility index (Phi) is 6.56. The molecule has 1 aromatic heterocycles. The average molecular weight is 478 g/mol. The van der Waals surface area contributed by atoms with Crippen LogP contribution in [0.2, 0.25) is 5.02 Å². The molecule has 7 nitrogen and oxygen atoms in total. The summed E-state index contributed by atoms with van der Waals surface area (Å²) in [6.07, 6.45) is 1.58. The van der Waals surface area contributed by atoms with E-state index in [4.69, 9.17) is 16.3 Å². The summed E-state index contributed by atoms with van der Waals surface area (Å²) in [4.78, 5) is 34.2. The summed E-state index contributed by atoms with van der Waals surface area (Å²) in [5.41, 5.74) is 2.19. The number of halogens is 1. The van der Waals surface area contributed by atoms with Gasteiger partial charge in [-0.05, 0) is 61.5 Å². The van der Waals surface area contributed by atoms with Gasteiger partial charge in [-0.1, -0.05) is 17.7 Å². The lowest BCUT2D eigenvalue weighted by atomic mass is 9.98. The Labute approximate surface area is 202 Å². The molecule has 2 aromatic carbocycles. The third-order valence-corrected chi connectivity index (χ3v) is 5.87. The Hall–Kier alpha value is -3.84. The van der Waals surface area contributed by atoms with E-state index in [2.05, 4.69) is 4.98 Å². The number of rotatable bonds is 6. The molecule has 3 aromatic rings. The van der Waals surface area contributed by atoms with Gasteiger partial charge < -0.3 is 14.7 Å². The fraction of sp³-hybridized carbons (Fsp3) is 0.192. The van der Waals surface area contributed by atoms with Crippen LogP contribution in [0.5, 0.6) is 5.75 Å². The minimum atomic E-state index is -0.905. The van der Waals surface area contributed by atoms with Crippen LogP contribution in [0.3, 0.4) is 0 Å². The number of hydrogen-bond donors (Lipinski definition) is 1. The van der Waals surface area contributed by atoms with Gasteiger partial charge in [0, 0.05) is 37.2 Å². The van der Waals surface area contributed by atoms with Gasteiger partial charge in [0.15, 0.2) is 0 Å². The summed E-state index contributed by atoms with van der Waals surface area (Å²) in [6.45, 7) is 2.20. The highest BCUT2D eigenvalue weighted by Gasteiger charge is 2.47. The van der Waals surface area contributed by atoms with E-state index in [9.17, 15) is 14.7 Å². The number of ketones is 1. The van der Waals surface area contributed by atoms with Gasteiger partial charge in [0.05, 0.1) is 22.9 Å². The normalized spacial score (nSPS) is 17.2. The molecule has 0 spiro atoms. The zero-order chi connectivity index (χ0) is 24.4. The van der Waals surface area contributed by atoms with Gasteiger partial charge in [-0.25, -0.2) is 0 Å². The van der Waals surface area contributed by atoms with E-state index in [0.717, 1.165) is 5.69 Å². The zero-order valence-corrected chi connectivity index (χ0v) is 19.8. The lowest BCUT2D eigenvalue weighted by Crippen LogP contribution is -2.29. The van der Waals surface area contributed by atoms with Crippen molar-refractivity contribution in [3.05, 3.63) is 88.7 Å². The first kappa shape index (κ1) is 23.3. The van der Waals surface area contributed by atoms with Crippen LogP contribution < -0.4 is 14.5 Å². The largest absolute Gasteiger partial charge is 0.507 e. The second-order valence-electron chi connectivity index (χ2n) is 7.91. The van der Waals surface area contributed by atoms with Crippen molar-refractivity contribution in [2.45, 2.75) is 13.0 Å². The van der Waals surface area contributed by atoms with E-state index < -0.39 is 17.7 Å². The zero-order valence-electron chi connectivity index (χ0n) is 19.0. The first-order valence-electron chi connectivity index (χ1n) is 10.8. The monoisotopic (exact) mass is 477 g/mol. The number of anilines is 2. The van der Waals surface area contributed by atoms with Crippen LogP contribution in [-0.2, 0) is 9.59 Å². The highest BCUT2D eigenvalue weighted by molar-refractivity contribution is 6.51. The lowest BCUT2D eigenvalue weighted by molar-refractivity contribution is -0.132. The van der Waals surface area contributed by atoms with Crippen LogP contribution >= 0.6 is 11.6 Å². The number of benzene rings is 2. The maximum atomic E-state index is 13.2. The molecule has 34 heavy (non-hydrogen) atoms. The third kappa shape index (κ3) is 4.22. The molecule has 0 saturated carbocycles. The number of hydrogen-bond acceptors (Lipinski definition) is 6. The predicted molar refractivity (Wildman–Crippen MR) is 132 cm³/mol. The van der Waals surface area contributed by atoms with E-state index in [1.54, 1.807) is 54.7 Å². The van der Waals surface area contributed by atoms with Crippen molar-refractivity contribution in [2.24, 2.45) is 0 Å². The molecule has 1 amide bonds. The van der Waals surface area contributed by atoms with Crippen molar-refractivity contribution < 1.29 is 19.4 Å². The fourth-order valence-corrected chi connectivity index (χ4v) is 4.07. The molecule has 2 heterocycles. The van der Waals surface area contributed by atoms with Crippen molar-refractivity contribution in [3.8, 4) is 5.75 Å². The number of carbonyl (C=O) groups excluding carboxylic acids is 2. The van der Waals surface area contributed by atoms with Gasteiger partial charge >= 0.3 is 0 Å². The molecule has 1 unspecified atom stereocenters. The van der Waals surface area contributed by atoms with E-state index in [1.807, 2.05) is 38.1 Å².